The monoisotopic (exact) mass is 415 g/mol. The number of carbonyl (C=O) groups is 2. The Morgan fingerprint density at radius 1 is 0.839 bits per heavy atom. The average Bonchev–Trinajstić information content (AvgIpc) is 2.82. The van der Waals surface area contributed by atoms with Crippen LogP contribution in [0, 0.1) is 0 Å². The van der Waals surface area contributed by atoms with E-state index in [1.165, 1.54) is 5.56 Å². The van der Waals surface area contributed by atoms with E-state index in [9.17, 15) is 9.59 Å². The molecule has 3 aromatic rings. The molecule has 0 saturated carbocycles. The van der Waals surface area contributed by atoms with Gasteiger partial charge in [0.25, 0.3) is 5.91 Å². The molecule has 1 unspecified atom stereocenters. The summed E-state index contributed by atoms with van der Waals surface area (Å²) in [5.74, 6) is -0.185. The zero-order valence-electron chi connectivity index (χ0n) is 18.0. The lowest BCUT2D eigenvalue weighted by molar-refractivity contribution is -0.115. The second-order valence-corrected chi connectivity index (χ2v) is 7.26. The first-order valence-corrected chi connectivity index (χ1v) is 10.7. The van der Waals surface area contributed by atoms with Crippen molar-refractivity contribution in [1.82, 2.24) is 5.32 Å². The topological polar surface area (TPSA) is 61.4 Å². The first-order chi connectivity index (χ1) is 15.1. The molecule has 0 aliphatic carbocycles. The summed E-state index contributed by atoms with van der Waals surface area (Å²) in [4.78, 5) is 27.0. The summed E-state index contributed by atoms with van der Waals surface area (Å²) in [5, 5.41) is 6.19. The number of carbonyl (C=O) groups excluding carboxylic acids is 2. The van der Waals surface area contributed by atoms with Gasteiger partial charge in [0.05, 0.1) is 6.54 Å². The molecule has 0 aliphatic rings. The normalized spacial score (nSPS) is 11.5. The summed E-state index contributed by atoms with van der Waals surface area (Å²) in [6.45, 7) is 4.83. The molecule has 1 atom stereocenters. The van der Waals surface area contributed by atoms with E-state index in [0.29, 0.717) is 17.8 Å². The lowest BCUT2D eigenvalue weighted by atomic mass is 10.0. The molecule has 0 aromatic heterocycles. The molecule has 5 heteroatoms. The smallest absolute Gasteiger partial charge is 0.258 e. The van der Waals surface area contributed by atoms with E-state index in [1.54, 1.807) is 29.2 Å². The van der Waals surface area contributed by atoms with Gasteiger partial charge in [-0.2, -0.15) is 0 Å². The highest BCUT2D eigenvalue weighted by atomic mass is 16.2. The number of hydrogen-bond donors (Lipinski definition) is 2. The van der Waals surface area contributed by atoms with Gasteiger partial charge in [0.2, 0.25) is 5.91 Å². The van der Waals surface area contributed by atoms with E-state index in [4.69, 9.17) is 0 Å². The number of rotatable bonds is 9. The van der Waals surface area contributed by atoms with Gasteiger partial charge < -0.3 is 15.5 Å². The molecule has 0 radical (unpaired) electrons. The number of nitrogens with zero attached hydrogens (tertiary/aromatic N) is 1. The Morgan fingerprint density at radius 2 is 1.45 bits per heavy atom. The predicted molar refractivity (Wildman–Crippen MR) is 126 cm³/mol. The van der Waals surface area contributed by atoms with Crippen LogP contribution >= 0.6 is 0 Å². The van der Waals surface area contributed by atoms with Crippen molar-refractivity contribution >= 4 is 23.2 Å². The van der Waals surface area contributed by atoms with Crippen LogP contribution in [0.5, 0.6) is 0 Å². The fourth-order valence-corrected chi connectivity index (χ4v) is 3.51. The van der Waals surface area contributed by atoms with E-state index in [0.717, 1.165) is 12.1 Å². The zero-order chi connectivity index (χ0) is 22.1. The Kier molecular flexibility index (Phi) is 7.96. The van der Waals surface area contributed by atoms with Crippen molar-refractivity contribution in [2.75, 3.05) is 23.3 Å². The lowest BCUT2D eigenvalue weighted by Crippen LogP contribution is -2.31. The van der Waals surface area contributed by atoms with Gasteiger partial charge in [0, 0.05) is 29.5 Å². The quantitative estimate of drug-likeness (QED) is 0.515. The third kappa shape index (κ3) is 6.03. The van der Waals surface area contributed by atoms with Gasteiger partial charge in [-0.3, -0.25) is 9.59 Å². The Morgan fingerprint density at radius 3 is 2.03 bits per heavy atom. The van der Waals surface area contributed by atoms with Gasteiger partial charge in [0.15, 0.2) is 0 Å². The summed E-state index contributed by atoms with van der Waals surface area (Å²) in [6, 6.07) is 26.8. The lowest BCUT2D eigenvalue weighted by Gasteiger charge is -2.21. The van der Waals surface area contributed by atoms with Crippen LogP contribution in [0.4, 0.5) is 11.4 Å². The molecular formula is C26H29N3O2. The van der Waals surface area contributed by atoms with Crippen molar-refractivity contribution in [1.29, 1.82) is 0 Å². The number of para-hydroxylation sites is 1. The Hall–Kier alpha value is -3.44. The molecule has 160 valence electrons. The highest BCUT2D eigenvalue weighted by Crippen LogP contribution is 2.18. The van der Waals surface area contributed by atoms with Crippen molar-refractivity contribution in [2.45, 2.75) is 26.3 Å². The number of hydrogen-bond acceptors (Lipinski definition) is 3. The largest absolute Gasteiger partial charge is 0.325 e. The molecule has 0 aliphatic heterocycles. The van der Waals surface area contributed by atoms with E-state index in [2.05, 4.69) is 29.7 Å². The molecular weight excluding hydrogens is 386 g/mol. The molecule has 2 amide bonds. The standard InChI is InChI=1S/C26H29N3O2/c1-3-24(20-11-7-5-8-12-20)27-19-25(30)28-22-17-15-21(16-18-22)26(31)29(4-2)23-13-9-6-10-14-23/h5-18,24,27H,3-4,19H2,1-2H3,(H,28,30). The fraction of sp³-hybridized carbons (Fsp3) is 0.231. The maximum Gasteiger partial charge on any atom is 0.258 e. The Balaban J connectivity index is 1.57. The molecule has 0 spiro atoms. The Labute approximate surface area is 184 Å². The van der Waals surface area contributed by atoms with Crippen molar-refractivity contribution < 1.29 is 9.59 Å². The van der Waals surface area contributed by atoms with Crippen molar-refractivity contribution in [3.63, 3.8) is 0 Å². The number of amides is 2. The molecule has 2 N–H and O–H groups in total. The molecule has 3 rings (SSSR count). The van der Waals surface area contributed by atoms with Gasteiger partial charge in [-0.05, 0) is 55.3 Å². The van der Waals surface area contributed by atoms with Gasteiger partial charge >= 0.3 is 0 Å². The third-order valence-corrected chi connectivity index (χ3v) is 5.16. The minimum absolute atomic E-state index is 0.0677. The molecule has 0 fully saturated rings. The van der Waals surface area contributed by atoms with Crippen LogP contribution in [-0.2, 0) is 4.79 Å². The second kappa shape index (κ2) is 11.1. The summed E-state index contributed by atoms with van der Waals surface area (Å²) < 4.78 is 0. The summed E-state index contributed by atoms with van der Waals surface area (Å²) in [7, 11) is 0. The van der Waals surface area contributed by atoms with Gasteiger partial charge in [-0.25, -0.2) is 0 Å². The average molecular weight is 416 g/mol. The van der Waals surface area contributed by atoms with Crippen LogP contribution in [0.15, 0.2) is 84.9 Å². The molecule has 0 heterocycles. The Bertz CT molecular complexity index is 973. The van der Waals surface area contributed by atoms with E-state index < -0.39 is 0 Å². The maximum absolute atomic E-state index is 12.9. The summed E-state index contributed by atoms with van der Waals surface area (Å²) >= 11 is 0. The van der Waals surface area contributed by atoms with Crippen LogP contribution < -0.4 is 15.5 Å². The maximum atomic E-state index is 12.9. The number of anilines is 2. The number of benzene rings is 3. The van der Waals surface area contributed by atoms with E-state index in [-0.39, 0.29) is 24.4 Å². The minimum atomic E-state index is -0.118. The van der Waals surface area contributed by atoms with Crippen molar-refractivity contribution in [2.24, 2.45) is 0 Å². The number of nitrogens with one attached hydrogen (secondary N) is 2. The summed E-state index contributed by atoms with van der Waals surface area (Å²) in [6.07, 6.45) is 0.892. The molecule has 3 aromatic carbocycles. The summed E-state index contributed by atoms with van der Waals surface area (Å²) in [5.41, 5.74) is 3.28. The van der Waals surface area contributed by atoms with Gasteiger partial charge in [0.1, 0.15) is 0 Å². The van der Waals surface area contributed by atoms with Crippen LogP contribution in [0.2, 0.25) is 0 Å². The SMILES string of the molecule is CCC(NCC(=O)Nc1ccc(C(=O)N(CC)c2ccccc2)cc1)c1ccccc1. The molecule has 0 bridgehead atoms. The highest BCUT2D eigenvalue weighted by molar-refractivity contribution is 6.06. The van der Waals surface area contributed by atoms with E-state index in [1.807, 2.05) is 55.5 Å². The van der Waals surface area contributed by atoms with Crippen LogP contribution in [0.25, 0.3) is 0 Å². The van der Waals surface area contributed by atoms with Gasteiger partial charge in [-0.1, -0.05) is 55.5 Å². The molecule has 0 saturated heterocycles. The first kappa shape index (κ1) is 22.2. The van der Waals surface area contributed by atoms with Crippen LogP contribution in [0.1, 0.15) is 42.2 Å². The third-order valence-electron chi connectivity index (χ3n) is 5.16. The predicted octanol–water partition coefficient (Wildman–Crippen LogP) is 5.03. The fourth-order valence-electron chi connectivity index (χ4n) is 3.51. The van der Waals surface area contributed by atoms with Crippen LogP contribution in [0.3, 0.4) is 0 Å². The highest BCUT2D eigenvalue weighted by Gasteiger charge is 2.16. The minimum Gasteiger partial charge on any atom is -0.325 e. The van der Waals surface area contributed by atoms with Gasteiger partial charge in [-0.15, -0.1) is 0 Å². The van der Waals surface area contributed by atoms with Crippen LogP contribution in [-0.4, -0.2) is 24.9 Å². The van der Waals surface area contributed by atoms with Crippen molar-refractivity contribution in [3.8, 4) is 0 Å². The second-order valence-electron chi connectivity index (χ2n) is 7.26. The van der Waals surface area contributed by atoms with Crippen molar-refractivity contribution in [3.05, 3.63) is 96.1 Å². The van der Waals surface area contributed by atoms with E-state index >= 15 is 0 Å². The zero-order valence-corrected chi connectivity index (χ0v) is 18.0. The first-order valence-electron chi connectivity index (χ1n) is 10.7. The molecule has 5 nitrogen and oxygen atoms in total. The molecule has 31 heavy (non-hydrogen) atoms.